The minimum absolute atomic E-state index is 0.0536. The first-order valence-corrected chi connectivity index (χ1v) is 9.11. The molecule has 0 saturated carbocycles. The second-order valence-corrected chi connectivity index (χ2v) is 6.63. The summed E-state index contributed by atoms with van der Waals surface area (Å²) < 4.78 is 0. The van der Waals surface area contributed by atoms with E-state index < -0.39 is 0 Å². The van der Waals surface area contributed by atoms with Gasteiger partial charge in [0.1, 0.15) is 0 Å². The van der Waals surface area contributed by atoms with Crippen molar-refractivity contribution in [3.8, 4) is 0 Å². The molecular formula is C19H20N2O2S. The number of hydrogen-bond donors (Lipinski definition) is 1. The van der Waals surface area contributed by atoms with Crippen LogP contribution in [0, 0.1) is 0 Å². The van der Waals surface area contributed by atoms with Crippen LogP contribution in [-0.2, 0) is 17.2 Å². The number of amides is 1. The van der Waals surface area contributed by atoms with Crippen LogP contribution in [0.4, 0.5) is 0 Å². The highest BCUT2D eigenvalue weighted by atomic mass is 32.2. The lowest BCUT2D eigenvalue weighted by atomic mass is 10.1. The Morgan fingerprint density at radius 3 is 2.50 bits per heavy atom. The number of hydrazone groups is 1. The number of rotatable bonds is 6. The van der Waals surface area contributed by atoms with Gasteiger partial charge in [-0.1, -0.05) is 54.6 Å². The molecule has 1 N–H and O–H groups in total. The van der Waals surface area contributed by atoms with Crippen LogP contribution in [0.1, 0.15) is 23.1 Å². The minimum Gasteiger partial charge on any atom is -0.392 e. The SMILES string of the molecule is O=C(CSCc1ccc(CO)cc1)N1CCC(c2ccccc2)=N1. The number of benzene rings is 2. The van der Waals surface area contributed by atoms with Gasteiger partial charge in [-0.2, -0.15) is 5.10 Å². The Labute approximate surface area is 146 Å². The molecule has 0 aliphatic carbocycles. The van der Waals surface area contributed by atoms with E-state index >= 15 is 0 Å². The lowest BCUT2D eigenvalue weighted by Gasteiger charge is -2.11. The number of thioether (sulfide) groups is 1. The van der Waals surface area contributed by atoms with Gasteiger partial charge in [-0.05, 0) is 16.7 Å². The van der Waals surface area contributed by atoms with Gasteiger partial charge < -0.3 is 5.11 Å². The molecule has 0 fully saturated rings. The molecule has 1 aliphatic rings. The van der Waals surface area contributed by atoms with Crippen molar-refractivity contribution in [1.29, 1.82) is 0 Å². The minimum atomic E-state index is 0.0536. The molecule has 1 aliphatic heterocycles. The molecule has 3 rings (SSSR count). The van der Waals surface area contributed by atoms with E-state index in [2.05, 4.69) is 5.10 Å². The summed E-state index contributed by atoms with van der Waals surface area (Å²) in [5.74, 6) is 1.26. The van der Waals surface area contributed by atoms with Crippen molar-refractivity contribution < 1.29 is 9.90 Å². The quantitative estimate of drug-likeness (QED) is 0.879. The summed E-state index contributed by atoms with van der Waals surface area (Å²) in [7, 11) is 0. The largest absolute Gasteiger partial charge is 0.392 e. The van der Waals surface area contributed by atoms with Crippen molar-refractivity contribution in [2.45, 2.75) is 18.8 Å². The van der Waals surface area contributed by atoms with E-state index in [0.717, 1.165) is 34.6 Å². The van der Waals surface area contributed by atoms with Gasteiger partial charge in [0, 0.05) is 12.2 Å². The molecule has 0 spiro atoms. The van der Waals surface area contributed by atoms with Crippen molar-refractivity contribution >= 4 is 23.4 Å². The highest BCUT2D eigenvalue weighted by Crippen LogP contribution is 2.17. The van der Waals surface area contributed by atoms with Crippen molar-refractivity contribution in [2.24, 2.45) is 5.10 Å². The summed E-state index contributed by atoms with van der Waals surface area (Å²) in [6, 6.07) is 17.8. The second-order valence-electron chi connectivity index (χ2n) is 5.65. The van der Waals surface area contributed by atoms with Crippen molar-refractivity contribution in [2.75, 3.05) is 12.3 Å². The van der Waals surface area contributed by atoms with Crippen LogP contribution in [0.3, 0.4) is 0 Å². The smallest absolute Gasteiger partial charge is 0.252 e. The van der Waals surface area contributed by atoms with E-state index in [0.29, 0.717) is 12.3 Å². The zero-order valence-corrected chi connectivity index (χ0v) is 14.2. The van der Waals surface area contributed by atoms with Gasteiger partial charge in [0.25, 0.3) is 5.91 Å². The number of carbonyl (C=O) groups excluding carboxylic acids is 1. The van der Waals surface area contributed by atoms with E-state index in [9.17, 15) is 4.79 Å². The van der Waals surface area contributed by atoms with Crippen molar-refractivity contribution in [1.82, 2.24) is 5.01 Å². The van der Waals surface area contributed by atoms with Gasteiger partial charge in [-0.25, -0.2) is 5.01 Å². The van der Waals surface area contributed by atoms with Crippen molar-refractivity contribution in [3.63, 3.8) is 0 Å². The number of aliphatic hydroxyl groups is 1. The molecule has 2 aromatic rings. The van der Waals surface area contributed by atoms with Gasteiger partial charge in [0.2, 0.25) is 0 Å². The molecule has 4 nitrogen and oxygen atoms in total. The van der Waals surface area contributed by atoms with Crippen LogP contribution in [0.5, 0.6) is 0 Å². The summed E-state index contributed by atoms with van der Waals surface area (Å²) in [6.07, 6.45) is 0.809. The summed E-state index contributed by atoms with van der Waals surface area (Å²) in [5, 5.41) is 15.1. The maximum absolute atomic E-state index is 12.3. The molecule has 5 heteroatoms. The van der Waals surface area contributed by atoms with Crippen LogP contribution in [0.15, 0.2) is 59.7 Å². The third-order valence-electron chi connectivity index (χ3n) is 3.90. The van der Waals surface area contributed by atoms with Crippen LogP contribution in [-0.4, -0.2) is 34.0 Å². The van der Waals surface area contributed by atoms with E-state index in [1.807, 2.05) is 54.6 Å². The average Bonchev–Trinajstić information content (AvgIpc) is 3.13. The summed E-state index contributed by atoms with van der Waals surface area (Å²) >= 11 is 1.59. The molecule has 0 atom stereocenters. The fourth-order valence-corrected chi connectivity index (χ4v) is 3.40. The number of carbonyl (C=O) groups is 1. The Balaban J connectivity index is 1.49. The maximum atomic E-state index is 12.3. The van der Waals surface area contributed by atoms with E-state index in [-0.39, 0.29) is 12.5 Å². The molecule has 0 bridgehead atoms. The molecule has 0 radical (unpaired) electrons. The zero-order valence-electron chi connectivity index (χ0n) is 13.4. The summed E-state index contributed by atoms with van der Waals surface area (Å²) in [4.78, 5) is 12.3. The second kappa shape index (κ2) is 8.13. The molecule has 124 valence electrons. The van der Waals surface area contributed by atoms with E-state index in [4.69, 9.17) is 5.11 Å². The lowest BCUT2D eigenvalue weighted by Crippen LogP contribution is -2.25. The van der Waals surface area contributed by atoms with Crippen LogP contribution < -0.4 is 0 Å². The summed E-state index contributed by atoms with van der Waals surface area (Å²) in [5.41, 5.74) is 4.12. The van der Waals surface area contributed by atoms with Gasteiger partial charge in [-0.15, -0.1) is 11.8 Å². The first-order chi connectivity index (χ1) is 11.8. The Morgan fingerprint density at radius 1 is 1.08 bits per heavy atom. The zero-order chi connectivity index (χ0) is 16.8. The van der Waals surface area contributed by atoms with Crippen LogP contribution in [0.2, 0.25) is 0 Å². The standard InChI is InChI=1S/C19H20N2O2S/c22-12-15-6-8-16(9-7-15)13-24-14-19(23)21-11-10-18(20-21)17-4-2-1-3-5-17/h1-9,22H,10-14H2. The molecule has 1 heterocycles. The Hall–Kier alpha value is -2.11. The average molecular weight is 340 g/mol. The monoisotopic (exact) mass is 340 g/mol. The first-order valence-electron chi connectivity index (χ1n) is 7.96. The Bertz CT molecular complexity index is 714. The fourth-order valence-electron chi connectivity index (χ4n) is 2.54. The molecular weight excluding hydrogens is 320 g/mol. The predicted molar refractivity (Wildman–Crippen MR) is 97.8 cm³/mol. The highest BCUT2D eigenvalue weighted by molar-refractivity contribution is 7.99. The molecule has 24 heavy (non-hydrogen) atoms. The summed E-state index contributed by atoms with van der Waals surface area (Å²) in [6.45, 7) is 0.720. The lowest BCUT2D eigenvalue weighted by molar-refractivity contribution is -0.127. The molecule has 0 unspecified atom stereocenters. The maximum Gasteiger partial charge on any atom is 0.252 e. The van der Waals surface area contributed by atoms with Crippen LogP contribution in [0.25, 0.3) is 0 Å². The van der Waals surface area contributed by atoms with Gasteiger partial charge in [0.05, 0.1) is 24.6 Å². The highest BCUT2D eigenvalue weighted by Gasteiger charge is 2.21. The third kappa shape index (κ3) is 4.24. The molecule has 0 aromatic heterocycles. The van der Waals surface area contributed by atoms with Gasteiger partial charge in [-0.3, -0.25) is 4.79 Å². The number of hydrogen-bond acceptors (Lipinski definition) is 4. The molecule has 0 saturated heterocycles. The Morgan fingerprint density at radius 2 is 1.79 bits per heavy atom. The van der Waals surface area contributed by atoms with E-state index in [1.165, 1.54) is 0 Å². The van der Waals surface area contributed by atoms with E-state index in [1.54, 1.807) is 16.8 Å². The topological polar surface area (TPSA) is 52.9 Å². The Kier molecular flexibility index (Phi) is 5.67. The molecule has 2 aromatic carbocycles. The normalized spacial score (nSPS) is 13.9. The first kappa shape index (κ1) is 16.7. The number of aliphatic hydroxyl groups excluding tert-OH is 1. The predicted octanol–water partition coefficient (Wildman–Crippen LogP) is 3.05. The fraction of sp³-hybridized carbons (Fsp3) is 0.263. The number of nitrogens with zero attached hydrogens (tertiary/aromatic N) is 2. The molecule has 1 amide bonds. The van der Waals surface area contributed by atoms with Gasteiger partial charge in [0.15, 0.2) is 0 Å². The van der Waals surface area contributed by atoms with Crippen molar-refractivity contribution in [3.05, 3.63) is 71.3 Å². The third-order valence-corrected chi connectivity index (χ3v) is 4.89. The van der Waals surface area contributed by atoms with Gasteiger partial charge >= 0.3 is 0 Å². The van der Waals surface area contributed by atoms with Crippen LogP contribution >= 0.6 is 11.8 Å².